The van der Waals surface area contributed by atoms with E-state index >= 15 is 0 Å². The lowest BCUT2D eigenvalue weighted by molar-refractivity contribution is -0.120. The molecule has 1 heterocycles. The van der Waals surface area contributed by atoms with Gasteiger partial charge in [0.05, 0.1) is 12.5 Å². The molecule has 122 valence electrons. The van der Waals surface area contributed by atoms with Crippen LogP contribution in [0.5, 0.6) is 0 Å². The van der Waals surface area contributed by atoms with Crippen LogP contribution in [-0.2, 0) is 16.1 Å². The van der Waals surface area contributed by atoms with E-state index in [1.54, 1.807) is 0 Å². The topological polar surface area (TPSA) is 50.4 Å². The first kappa shape index (κ1) is 17.3. The molecule has 1 saturated carbocycles. The molecule has 4 nitrogen and oxygen atoms in total. The smallest absolute Gasteiger partial charge is 0.228 e. The number of amides is 1. The molecule has 1 aliphatic heterocycles. The Morgan fingerprint density at radius 2 is 2.18 bits per heavy atom. The Bertz CT molecular complexity index is 485. The Balaban J connectivity index is 0.00000176. The second-order valence-electron chi connectivity index (χ2n) is 6.19. The van der Waals surface area contributed by atoms with Crippen molar-refractivity contribution < 1.29 is 9.53 Å². The van der Waals surface area contributed by atoms with Gasteiger partial charge in [-0.1, -0.05) is 12.1 Å². The number of hydrogen-bond acceptors (Lipinski definition) is 3. The molecular formula is C17H25ClN2O2. The van der Waals surface area contributed by atoms with Gasteiger partial charge in [0, 0.05) is 18.8 Å². The molecule has 22 heavy (non-hydrogen) atoms. The van der Waals surface area contributed by atoms with E-state index in [2.05, 4.69) is 10.6 Å². The van der Waals surface area contributed by atoms with Crippen LogP contribution in [0, 0.1) is 11.8 Å². The fraction of sp³-hybridized carbons (Fsp3) is 0.588. The van der Waals surface area contributed by atoms with Crippen molar-refractivity contribution in [2.45, 2.75) is 32.3 Å². The maximum atomic E-state index is 12.2. The summed E-state index contributed by atoms with van der Waals surface area (Å²) in [7, 11) is 0. The van der Waals surface area contributed by atoms with Gasteiger partial charge < -0.3 is 15.4 Å². The Hall–Kier alpha value is -1.10. The first-order chi connectivity index (χ1) is 10.3. The van der Waals surface area contributed by atoms with Gasteiger partial charge in [-0.05, 0) is 55.8 Å². The maximum Gasteiger partial charge on any atom is 0.228 e. The lowest BCUT2D eigenvalue weighted by Crippen LogP contribution is -2.37. The van der Waals surface area contributed by atoms with Crippen LogP contribution < -0.4 is 10.6 Å². The molecule has 2 aliphatic rings. The molecule has 1 atom stereocenters. The minimum absolute atomic E-state index is 0. The van der Waals surface area contributed by atoms with Crippen molar-refractivity contribution in [2.24, 2.45) is 11.8 Å². The normalized spacial score (nSPS) is 21.0. The van der Waals surface area contributed by atoms with Crippen LogP contribution in [0.3, 0.4) is 0 Å². The van der Waals surface area contributed by atoms with Crippen LogP contribution in [0.2, 0.25) is 0 Å². The van der Waals surface area contributed by atoms with Gasteiger partial charge in [0.15, 0.2) is 0 Å². The molecule has 2 fully saturated rings. The Labute approximate surface area is 138 Å². The van der Waals surface area contributed by atoms with Crippen molar-refractivity contribution in [1.82, 2.24) is 5.32 Å². The second kappa shape index (κ2) is 8.51. The first-order valence-corrected chi connectivity index (χ1v) is 7.99. The van der Waals surface area contributed by atoms with E-state index in [1.807, 2.05) is 24.3 Å². The van der Waals surface area contributed by atoms with E-state index in [0.29, 0.717) is 6.61 Å². The Morgan fingerprint density at radius 1 is 1.32 bits per heavy atom. The number of rotatable bonds is 6. The minimum Gasteiger partial charge on any atom is -0.376 e. The van der Waals surface area contributed by atoms with Crippen molar-refractivity contribution in [2.75, 3.05) is 25.0 Å². The second-order valence-corrected chi connectivity index (χ2v) is 6.19. The van der Waals surface area contributed by atoms with E-state index in [1.165, 1.54) is 12.8 Å². The van der Waals surface area contributed by atoms with E-state index in [4.69, 9.17) is 4.74 Å². The molecular weight excluding hydrogens is 300 g/mol. The summed E-state index contributed by atoms with van der Waals surface area (Å²) in [5.74, 6) is 0.999. The predicted molar refractivity (Wildman–Crippen MR) is 90.3 cm³/mol. The highest BCUT2D eigenvalue weighted by molar-refractivity contribution is 5.92. The van der Waals surface area contributed by atoms with Crippen LogP contribution in [0.1, 0.15) is 31.2 Å². The molecule has 1 aliphatic carbocycles. The number of ether oxygens (including phenoxy) is 1. The zero-order valence-electron chi connectivity index (χ0n) is 12.8. The van der Waals surface area contributed by atoms with Gasteiger partial charge in [-0.3, -0.25) is 4.79 Å². The van der Waals surface area contributed by atoms with Crippen molar-refractivity contribution in [1.29, 1.82) is 0 Å². The third kappa shape index (κ3) is 5.27. The largest absolute Gasteiger partial charge is 0.376 e. The van der Waals surface area contributed by atoms with Crippen molar-refractivity contribution >= 4 is 24.0 Å². The summed E-state index contributed by atoms with van der Waals surface area (Å²) in [6.45, 7) is 3.31. The van der Waals surface area contributed by atoms with Gasteiger partial charge in [-0.2, -0.15) is 0 Å². The first-order valence-electron chi connectivity index (χ1n) is 7.99. The molecule has 0 aromatic heterocycles. The fourth-order valence-corrected chi connectivity index (χ4v) is 2.69. The molecule has 1 unspecified atom stereocenters. The van der Waals surface area contributed by atoms with Gasteiger partial charge in [-0.25, -0.2) is 0 Å². The zero-order chi connectivity index (χ0) is 14.5. The predicted octanol–water partition coefficient (Wildman–Crippen LogP) is 2.97. The minimum atomic E-state index is 0. The lowest BCUT2D eigenvalue weighted by Gasteiger charge is -2.22. The highest BCUT2D eigenvalue weighted by atomic mass is 35.5. The number of halogens is 1. The Kier molecular flexibility index (Phi) is 6.68. The molecule has 3 rings (SSSR count). The van der Waals surface area contributed by atoms with Gasteiger partial charge in [0.2, 0.25) is 5.91 Å². The summed E-state index contributed by atoms with van der Waals surface area (Å²) >= 11 is 0. The standard InChI is InChI=1S/C17H24N2O2.ClH/c20-17(15-4-2-8-18-10-15)19-16-5-1-3-14(9-16)12-21-11-13-6-7-13;/h1,3,5,9,13,15,18H,2,4,6-8,10-12H2,(H,19,20);1H. The average Bonchev–Trinajstić information content (AvgIpc) is 3.33. The summed E-state index contributed by atoms with van der Waals surface area (Å²) in [4.78, 5) is 12.2. The van der Waals surface area contributed by atoms with Crippen molar-refractivity contribution in [3.63, 3.8) is 0 Å². The molecule has 0 bridgehead atoms. The summed E-state index contributed by atoms with van der Waals surface area (Å²) in [6, 6.07) is 7.98. The third-order valence-electron chi connectivity index (χ3n) is 4.18. The quantitative estimate of drug-likeness (QED) is 0.846. The molecule has 1 aromatic rings. The lowest BCUT2D eigenvalue weighted by atomic mass is 9.99. The number of carbonyl (C=O) groups excluding carboxylic acids is 1. The SMILES string of the molecule is Cl.O=C(Nc1cccc(COCC2CC2)c1)C1CCCNC1. The maximum absolute atomic E-state index is 12.2. The highest BCUT2D eigenvalue weighted by Gasteiger charge is 2.22. The summed E-state index contributed by atoms with van der Waals surface area (Å²) in [6.07, 6.45) is 4.67. The average molecular weight is 325 g/mol. The molecule has 2 N–H and O–H groups in total. The molecule has 0 radical (unpaired) electrons. The van der Waals surface area contributed by atoms with Crippen molar-refractivity contribution in [3.8, 4) is 0 Å². The van der Waals surface area contributed by atoms with Gasteiger partial charge in [0.1, 0.15) is 0 Å². The summed E-state index contributed by atoms with van der Waals surface area (Å²) in [5.41, 5.74) is 1.99. The number of anilines is 1. The Morgan fingerprint density at radius 3 is 2.91 bits per heavy atom. The van der Waals surface area contributed by atoms with Crippen LogP contribution in [-0.4, -0.2) is 25.6 Å². The molecule has 0 spiro atoms. The fourth-order valence-electron chi connectivity index (χ4n) is 2.69. The van der Waals surface area contributed by atoms with Crippen LogP contribution >= 0.6 is 12.4 Å². The number of carbonyl (C=O) groups is 1. The number of hydrogen-bond donors (Lipinski definition) is 2. The number of nitrogens with one attached hydrogen (secondary N) is 2. The molecule has 5 heteroatoms. The highest BCUT2D eigenvalue weighted by Crippen LogP contribution is 2.29. The zero-order valence-corrected chi connectivity index (χ0v) is 13.7. The number of piperidine rings is 1. The number of benzene rings is 1. The van der Waals surface area contributed by atoms with E-state index in [0.717, 1.165) is 49.7 Å². The summed E-state index contributed by atoms with van der Waals surface area (Å²) in [5, 5.41) is 6.31. The van der Waals surface area contributed by atoms with E-state index < -0.39 is 0 Å². The molecule has 1 amide bonds. The van der Waals surface area contributed by atoms with Crippen LogP contribution in [0.25, 0.3) is 0 Å². The van der Waals surface area contributed by atoms with Gasteiger partial charge >= 0.3 is 0 Å². The summed E-state index contributed by atoms with van der Waals surface area (Å²) < 4.78 is 5.70. The van der Waals surface area contributed by atoms with Crippen LogP contribution in [0.15, 0.2) is 24.3 Å². The van der Waals surface area contributed by atoms with Crippen LogP contribution in [0.4, 0.5) is 5.69 Å². The van der Waals surface area contributed by atoms with Gasteiger partial charge in [-0.15, -0.1) is 12.4 Å². The molecule has 1 aromatic carbocycles. The molecule has 1 saturated heterocycles. The monoisotopic (exact) mass is 324 g/mol. The van der Waals surface area contributed by atoms with E-state index in [-0.39, 0.29) is 24.2 Å². The third-order valence-corrected chi connectivity index (χ3v) is 4.18. The van der Waals surface area contributed by atoms with Gasteiger partial charge in [0.25, 0.3) is 0 Å². The van der Waals surface area contributed by atoms with E-state index in [9.17, 15) is 4.79 Å². The van der Waals surface area contributed by atoms with Crippen molar-refractivity contribution in [3.05, 3.63) is 29.8 Å².